The molecule has 21 heavy (non-hydrogen) atoms. The van der Waals surface area contributed by atoms with Gasteiger partial charge in [-0.25, -0.2) is 4.39 Å². The van der Waals surface area contributed by atoms with E-state index < -0.39 is 0 Å². The van der Waals surface area contributed by atoms with Crippen LogP contribution < -0.4 is 10.1 Å². The average molecular weight is 352 g/mol. The Morgan fingerprint density at radius 3 is 2.67 bits per heavy atom. The van der Waals surface area contributed by atoms with Crippen LogP contribution in [0.4, 0.5) is 4.39 Å². The van der Waals surface area contributed by atoms with Gasteiger partial charge >= 0.3 is 0 Å². The lowest BCUT2D eigenvalue weighted by molar-refractivity contribution is 0.459. The average Bonchev–Trinajstić information content (AvgIpc) is 2.45. The lowest BCUT2D eigenvalue weighted by atomic mass is 10.1. The van der Waals surface area contributed by atoms with Gasteiger partial charge in [0.1, 0.15) is 17.3 Å². The molecule has 0 aliphatic heterocycles. The van der Waals surface area contributed by atoms with Gasteiger partial charge in [0.2, 0.25) is 0 Å². The number of rotatable bonds is 5. The van der Waals surface area contributed by atoms with E-state index in [2.05, 4.69) is 21.2 Å². The van der Waals surface area contributed by atoms with Gasteiger partial charge in [-0.05, 0) is 62.4 Å². The molecule has 1 N–H and O–H groups in total. The van der Waals surface area contributed by atoms with Crippen LogP contribution in [0.1, 0.15) is 31.0 Å². The fourth-order valence-electron chi connectivity index (χ4n) is 2.17. The van der Waals surface area contributed by atoms with Crippen molar-refractivity contribution in [3.05, 3.63) is 57.8 Å². The highest BCUT2D eigenvalue weighted by Crippen LogP contribution is 2.32. The smallest absolute Gasteiger partial charge is 0.132 e. The van der Waals surface area contributed by atoms with Crippen LogP contribution in [0, 0.1) is 12.7 Å². The van der Waals surface area contributed by atoms with E-state index >= 15 is 0 Å². The molecule has 4 heteroatoms. The van der Waals surface area contributed by atoms with Gasteiger partial charge in [0.15, 0.2) is 0 Å². The molecule has 1 atom stereocenters. The molecule has 0 radical (unpaired) electrons. The molecular weight excluding hydrogens is 333 g/mol. The second-order valence-corrected chi connectivity index (χ2v) is 5.83. The molecule has 0 aromatic heterocycles. The number of halogens is 2. The third-order valence-corrected chi connectivity index (χ3v) is 4.20. The summed E-state index contributed by atoms with van der Waals surface area (Å²) in [6.07, 6.45) is 0. The molecule has 2 aromatic carbocycles. The highest BCUT2D eigenvalue weighted by molar-refractivity contribution is 9.10. The summed E-state index contributed by atoms with van der Waals surface area (Å²) in [4.78, 5) is 0. The molecule has 2 aromatic rings. The summed E-state index contributed by atoms with van der Waals surface area (Å²) in [5.74, 6) is 1.16. The Labute approximate surface area is 133 Å². The summed E-state index contributed by atoms with van der Waals surface area (Å²) >= 11 is 3.47. The van der Waals surface area contributed by atoms with Crippen LogP contribution in [0.2, 0.25) is 0 Å². The lowest BCUT2D eigenvalue weighted by Gasteiger charge is -2.18. The predicted octanol–water partition coefficient (Wildman–Crippen LogP) is 5.36. The van der Waals surface area contributed by atoms with E-state index in [4.69, 9.17) is 4.74 Å². The quantitative estimate of drug-likeness (QED) is 0.782. The third kappa shape index (κ3) is 4.05. The minimum absolute atomic E-state index is 0.0252. The third-order valence-electron chi connectivity index (χ3n) is 3.31. The van der Waals surface area contributed by atoms with Crippen molar-refractivity contribution in [3.8, 4) is 11.5 Å². The van der Waals surface area contributed by atoms with E-state index in [1.165, 1.54) is 12.1 Å². The highest BCUT2D eigenvalue weighted by atomic mass is 79.9. The molecule has 0 heterocycles. The van der Waals surface area contributed by atoms with E-state index in [9.17, 15) is 4.39 Å². The molecule has 112 valence electrons. The maximum atomic E-state index is 13.5. The van der Waals surface area contributed by atoms with Crippen LogP contribution >= 0.6 is 15.9 Å². The lowest BCUT2D eigenvalue weighted by Crippen LogP contribution is -2.18. The molecule has 0 saturated carbocycles. The fourth-order valence-corrected chi connectivity index (χ4v) is 2.42. The highest BCUT2D eigenvalue weighted by Gasteiger charge is 2.13. The Balaban J connectivity index is 2.32. The van der Waals surface area contributed by atoms with Crippen LogP contribution in [0.3, 0.4) is 0 Å². The van der Waals surface area contributed by atoms with Crippen LogP contribution in [0.5, 0.6) is 11.5 Å². The number of benzene rings is 2. The van der Waals surface area contributed by atoms with Crippen LogP contribution in [0.25, 0.3) is 0 Å². The molecule has 0 amide bonds. The van der Waals surface area contributed by atoms with E-state index in [1.54, 1.807) is 6.07 Å². The maximum Gasteiger partial charge on any atom is 0.132 e. The molecule has 2 rings (SSSR count). The fraction of sp³-hybridized carbons (Fsp3) is 0.294. The van der Waals surface area contributed by atoms with Gasteiger partial charge in [-0.1, -0.05) is 22.9 Å². The summed E-state index contributed by atoms with van der Waals surface area (Å²) in [6, 6.07) is 10.4. The summed E-state index contributed by atoms with van der Waals surface area (Å²) in [5, 5.41) is 3.28. The Morgan fingerprint density at radius 2 is 2.00 bits per heavy atom. The topological polar surface area (TPSA) is 21.3 Å². The molecule has 2 nitrogen and oxygen atoms in total. The monoisotopic (exact) mass is 351 g/mol. The normalized spacial score (nSPS) is 12.2. The Morgan fingerprint density at radius 1 is 1.24 bits per heavy atom. The SMILES string of the molecule is CCNC(C)c1cc(F)ccc1Oc1ccc(Br)c(C)c1. The van der Waals surface area contributed by atoms with E-state index in [0.717, 1.165) is 27.9 Å². The van der Waals surface area contributed by atoms with Gasteiger partial charge in [-0.15, -0.1) is 0 Å². The second kappa shape index (κ2) is 7.05. The van der Waals surface area contributed by atoms with Gasteiger partial charge in [0.05, 0.1) is 0 Å². The first-order chi connectivity index (χ1) is 10.0. The molecule has 0 spiro atoms. The first-order valence-electron chi connectivity index (χ1n) is 6.98. The van der Waals surface area contributed by atoms with Crippen molar-refractivity contribution in [1.29, 1.82) is 0 Å². The van der Waals surface area contributed by atoms with Crippen molar-refractivity contribution in [1.82, 2.24) is 5.32 Å². The molecule has 0 aliphatic rings. The number of hydrogen-bond donors (Lipinski definition) is 1. The van der Waals surface area contributed by atoms with Crippen molar-refractivity contribution in [2.24, 2.45) is 0 Å². The van der Waals surface area contributed by atoms with Gasteiger partial charge in [0.25, 0.3) is 0 Å². The van der Waals surface area contributed by atoms with Crippen LogP contribution in [0.15, 0.2) is 40.9 Å². The summed E-state index contributed by atoms with van der Waals surface area (Å²) in [6.45, 7) is 6.84. The zero-order valence-electron chi connectivity index (χ0n) is 12.4. The minimum Gasteiger partial charge on any atom is -0.457 e. The number of nitrogens with one attached hydrogen (secondary N) is 1. The van der Waals surface area contributed by atoms with Crippen molar-refractivity contribution >= 4 is 15.9 Å². The second-order valence-electron chi connectivity index (χ2n) is 4.97. The number of hydrogen-bond acceptors (Lipinski definition) is 2. The van der Waals surface area contributed by atoms with Gasteiger partial charge < -0.3 is 10.1 Å². The summed E-state index contributed by atoms with van der Waals surface area (Å²) in [5.41, 5.74) is 1.91. The van der Waals surface area contributed by atoms with Crippen molar-refractivity contribution in [2.45, 2.75) is 26.8 Å². The standard InChI is InChI=1S/C17H19BrFNO/c1-4-20-12(3)15-10-13(19)5-8-17(15)21-14-6-7-16(18)11(2)9-14/h5-10,12,20H,4H2,1-3H3. The first-order valence-corrected chi connectivity index (χ1v) is 7.77. The zero-order chi connectivity index (χ0) is 15.4. The number of aryl methyl sites for hydroxylation is 1. The van der Waals surface area contributed by atoms with Crippen LogP contribution in [-0.2, 0) is 0 Å². The van der Waals surface area contributed by atoms with Gasteiger partial charge in [-0.3, -0.25) is 0 Å². The van der Waals surface area contributed by atoms with Gasteiger partial charge in [-0.2, -0.15) is 0 Å². The predicted molar refractivity (Wildman–Crippen MR) is 87.4 cm³/mol. The molecule has 0 saturated heterocycles. The molecular formula is C17H19BrFNO. The maximum absolute atomic E-state index is 13.5. The Hall–Kier alpha value is -1.39. The van der Waals surface area contributed by atoms with Crippen LogP contribution in [-0.4, -0.2) is 6.54 Å². The van der Waals surface area contributed by atoms with E-state index in [1.807, 2.05) is 39.0 Å². The summed E-state index contributed by atoms with van der Waals surface area (Å²) < 4.78 is 20.5. The Bertz CT molecular complexity index is 630. The summed E-state index contributed by atoms with van der Waals surface area (Å²) in [7, 11) is 0. The van der Waals surface area contributed by atoms with E-state index in [-0.39, 0.29) is 11.9 Å². The van der Waals surface area contributed by atoms with E-state index in [0.29, 0.717) is 5.75 Å². The molecule has 1 unspecified atom stereocenters. The Kier molecular flexibility index (Phi) is 5.37. The first kappa shape index (κ1) is 16.0. The van der Waals surface area contributed by atoms with Crippen molar-refractivity contribution in [3.63, 3.8) is 0 Å². The molecule has 0 aliphatic carbocycles. The van der Waals surface area contributed by atoms with Gasteiger partial charge in [0, 0.05) is 16.1 Å². The van der Waals surface area contributed by atoms with Crippen molar-refractivity contribution in [2.75, 3.05) is 6.54 Å². The number of ether oxygens (including phenoxy) is 1. The largest absolute Gasteiger partial charge is 0.457 e. The molecule has 0 fully saturated rings. The minimum atomic E-state index is -0.255. The molecule has 0 bridgehead atoms. The van der Waals surface area contributed by atoms with Crippen molar-refractivity contribution < 1.29 is 9.13 Å². The zero-order valence-corrected chi connectivity index (χ0v) is 14.0.